The second-order valence-corrected chi connectivity index (χ2v) is 5.81. The number of hydrogen-bond acceptors (Lipinski definition) is 7. The molecule has 1 atom stereocenters. The molecule has 1 saturated heterocycles. The van der Waals surface area contributed by atoms with Gasteiger partial charge in [-0.15, -0.1) is 18.3 Å². The van der Waals surface area contributed by atoms with Crippen LogP contribution in [-0.4, -0.2) is 45.1 Å². The van der Waals surface area contributed by atoms with E-state index in [-0.39, 0.29) is 17.2 Å². The summed E-state index contributed by atoms with van der Waals surface area (Å²) in [5.41, 5.74) is 0.151. The number of thioether (sulfide) groups is 1. The van der Waals surface area contributed by atoms with Gasteiger partial charge in [-0.2, -0.15) is 5.10 Å². The molecule has 1 fully saturated rings. The lowest BCUT2D eigenvalue weighted by atomic mass is 10.2. The molecule has 0 saturated carbocycles. The van der Waals surface area contributed by atoms with Gasteiger partial charge in [-0.1, -0.05) is 11.8 Å². The summed E-state index contributed by atoms with van der Waals surface area (Å²) in [5, 5.41) is 26.8. The van der Waals surface area contributed by atoms with Crippen LogP contribution in [0.25, 0.3) is 0 Å². The number of aromatic hydroxyl groups is 1. The second kappa shape index (κ2) is 7.42. The average Bonchev–Trinajstić information content (AvgIpc) is 2.80. The Balaban J connectivity index is 2.06. The van der Waals surface area contributed by atoms with Gasteiger partial charge in [0.25, 0.3) is 0 Å². The number of amides is 1. The molecule has 25 heavy (non-hydrogen) atoms. The Kier molecular flexibility index (Phi) is 5.51. The molecule has 1 heterocycles. The molecule has 0 aromatic heterocycles. The third kappa shape index (κ3) is 5.67. The molecule has 1 aliphatic rings. The Morgan fingerprint density at radius 2 is 2.16 bits per heavy atom. The van der Waals surface area contributed by atoms with Crippen molar-refractivity contribution < 1.29 is 37.7 Å². The minimum atomic E-state index is -4.96. The van der Waals surface area contributed by atoms with Gasteiger partial charge in [-0.25, -0.2) is 0 Å². The SMILES string of the molecule is O=C(O)CC1SC(=NN=Cc2ccc(O)c(OC(F)(F)F)c2)NC1=O. The summed E-state index contributed by atoms with van der Waals surface area (Å²) in [6.45, 7) is 0. The Morgan fingerprint density at radius 3 is 2.80 bits per heavy atom. The summed E-state index contributed by atoms with van der Waals surface area (Å²) in [6.07, 6.45) is -4.26. The number of phenolic OH excluding ortho intramolecular Hbond substituents is 1. The molecule has 1 aliphatic heterocycles. The summed E-state index contributed by atoms with van der Waals surface area (Å²) >= 11 is 0.877. The number of nitrogens with zero attached hydrogens (tertiary/aromatic N) is 2. The summed E-state index contributed by atoms with van der Waals surface area (Å²) < 4.78 is 40.3. The number of hydrogen-bond donors (Lipinski definition) is 3. The Labute approximate surface area is 142 Å². The van der Waals surface area contributed by atoms with E-state index in [4.69, 9.17) is 5.11 Å². The zero-order chi connectivity index (χ0) is 18.6. The fourth-order valence-electron chi connectivity index (χ4n) is 1.71. The van der Waals surface area contributed by atoms with Crippen LogP contribution in [0.1, 0.15) is 12.0 Å². The zero-order valence-electron chi connectivity index (χ0n) is 12.1. The van der Waals surface area contributed by atoms with E-state index in [0.29, 0.717) is 0 Å². The van der Waals surface area contributed by atoms with Crippen LogP contribution in [-0.2, 0) is 9.59 Å². The lowest BCUT2D eigenvalue weighted by Gasteiger charge is -2.10. The van der Waals surface area contributed by atoms with Crippen molar-refractivity contribution in [3.05, 3.63) is 23.8 Å². The molecule has 1 amide bonds. The minimum absolute atomic E-state index is 0.0676. The molecule has 0 bridgehead atoms. The third-order valence-corrected chi connectivity index (χ3v) is 3.77. The molecule has 0 radical (unpaired) electrons. The predicted molar refractivity (Wildman–Crippen MR) is 81.6 cm³/mol. The van der Waals surface area contributed by atoms with Crippen LogP contribution in [0, 0.1) is 0 Å². The molecule has 0 aliphatic carbocycles. The molecule has 3 N–H and O–H groups in total. The van der Waals surface area contributed by atoms with Gasteiger partial charge >= 0.3 is 12.3 Å². The number of nitrogens with one attached hydrogen (secondary N) is 1. The summed E-state index contributed by atoms with van der Waals surface area (Å²) in [4.78, 5) is 22.1. The van der Waals surface area contributed by atoms with Gasteiger partial charge in [0, 0.05) is 0 Å². The first-order valence-corrected chi connectivity index (χ1v) is 7.41. The minimum Gasteiger partial charge on any atom is -0.504 e. The van der Waals surface area contributed by atoms with Crippen molar-refractivity contribution in [1.29, 1.82) is 0 Å². The van der Waals surface area contributed by atoms with Gasteiger partial charge in [-0.3, -0.25) is 9.59 Å². The van der Waals surface area contributed by atoms with E-state index >= 15 is 0 Å². The molecule has 0 spiro atoms. The van der Waals surface area contributed by atoms with Gasteiger partial charge < -0.3 is 20.3 Å². The van der Waals surface area contributed by atoms with Crippen molar-refractivity contribution in [3.8, 4) is 11.5 Å². The molecule has 134 valence electrons. The van der Waals surface area contributed by atoms with E-state index < -0.39 is 35.0 Å². The highest BCUT2D eigenvalue weighted by molar-refractivity contribution is 8.15. The Morgan fingerprint density at radius 1 is 1.44 bits per heavy atom. The first-order chi connectivity index (χ1) is 11.6. The summed E-state index contributed by atoms with van der Waals surface area (Å²) in [7, 11) is 0. The maximum absolute atomic E-state index is 12.2. The maximum atomic E-state index is 12.2. The van der Waals surface area contributed by atoms with E-state index in [9.17, 15) is 27.9 Å². The Bertz CT molecular complexity index is 751. The number of carbonyl (C=O) groups excluding carboxylic acids is 1. The van der Waals surface area contributed by atoms with Gasteiger partial charge in [0.15, 0.2) is 16.7 Å². The molecule has 2 rings (SSSR count). The van der Waals surface area contributed by atoms with Crippen molar-refractivity contribution >= 4 is 35.0 Å². The van der Waals surface area contributed by atoms with Crippen LogP contribution in [0.15, 0.2) is 28.4 Å². The summed E-state index contributed by atoms with van der Waals surface area (Å²) in [5.74, 6) is -3.16. The van der Waals surface area contributed by atoms with Crippen LogP contribution in [0.4, 0.5) is 13.2 Å². The van der Waals surface area contributed by atoms with E-state index in [1.54, 1.807) is 0 Å². The highest BCUT2D eigenvalue weighted by atomic mass is 32.2. The molecule has 1 aromatic carbocycles. The topological polar surface area (TPSA) is 121 Å². The first-order valence-electron chi connectivity index (χ1n) is 6.53. The number of ether oxygens (including phenoxy) is 1. The van der Waals surface area contributed by atoms with E-state index in [2.05, 4.69) is 20.3 Å². The monoisotopic (exact) mass is 377 g/mol. The average molecular weight is 377 g/mol. The maximum Gasteiger partial charge on any atom is 0.573 e. The first kappa shape index (κ1) is 18.6. The quantitative estimate of drug-likeness (QED) is 0.530. The lowest BCUT2D eigenvalue weighted by Crippen LogP contribution is -2.26. The molecule has 12 heteroatoms. The highest BCUT2D eigenvalue weighted by Crippen LogP contribution is 2.31. The number of amidine groups is 1. The van der Waals surface area contributed by atoms with Crippen molar-refractivity contribution in [2.24, 2.45) is 10.2 Å². The number of phenols is 1. The number of aliphatic carboxylic acids is 1. The number of alkyl halides is 3. The fourth-order valence-corrected chi connectivity index (χ4v) is 2.63. The number of carbonyl (C=O) groups is 2. The lowest BCUT2D eigenvalue weighted by molar-refractivity contribution is -0.275. The van der Waals surface area contributed by atoms with Crippen LogP contribution >= 0.6 is 11.8 Å². The number of carboxylic acids is 1. The third-order valence-electron chi connectivity index (χ3n) is 2.70. The molecule has 1 unspecified atom stereocenters. The number of carboxylic acid groups (broad SMARTS) is 1. The molecule has 1 aromatic rings. The number of halogens is 3. The van der Waals surface area contributed by atoms with Gasteiger partial charge in [-0.05, 0) is 23.8 Å². The molecule has 8 nitrogen and oxygen atoms in total. The van der Waals surface area contributed by atoms with E-state index in [1.165, 1.54) is 6.07 Å². The zero-order valence-corrected chi connectivity index (χ0v) is 13.0. The number of benzene rings is 1. The largest absolute Gasteiger partial charge is 0.573 e. The fraction of sp³-hybridized carbons (Fsp3) is 0.231. The van der Waals surface area contributed by atoms with Crippen molar-refractivity contribution in [3.63, 3.8) is 0 Å². The summed E-state index contributed by atoms with van der Waals surface area (Å²) in [6, 6.07) is 3.17. The van der Waals surface area contributed by atoms with E-state index in [0.717, 1.165) is 30.1 Å². The van der Waals surface area contributed by atoms with Crippen LogP contribution in [0.2, 0.25) is 0 Å². The molecular weight excluding hydrogens is 367 g/mol. The van der Waals surface area contributed by atoms with Gasteiger partial charge in [0.1, 0.15) is 5.25 Å². The Hall–Kier alpha value is -2.76. The van der Waals surface area contributed by atoms with Crippen molar-refractivity contribution in [2.45, 2.75) is 18.0 Å². The van der Waals surface area contributed by atoms with Crippen LogP contribution in [0.5, 0.6) is 11.5 Å². The molecular formula is C13H10F3N3O5S. The highest BCUT2D eigenvalue weighted by Gasteiger charge is 2.33. The van der Waals surface area contributed by atoms with Crippen LogP contribution in [0.3, 0.4) is 0 Å². The standard InChI is InChI=1S/C13H10F3N3O5S/c14-13(15,16)24-8-3-6(1-2-7(8)20)5-17-19-12-18-11(23)9(25-12)4-10(21)22/h1-3,5,9,20H,4H2,(H,21,22)(H,18,19,23). The van der Waals surface area contributed by atoms with Gasteiger partial charge in [0.05, 0.1) is 12.6 Å². The second-order valence-electron chi connectivity index (χ2n) is 4.62. The predicted octanol–water partition coefficient (Wildman–Crippen LogP) is 1.69. The van der Waals surface area contributed by atoms with Crippen molar-refractivity contribution in [1.82, 2.24) is 5.32 Å². The van der Waals surface area contributed by atoms with E-state index in [1.807, 2.05) is 0 Å². The van der Waals surface area contributed by atoms with Crippen LogP contribution < -0.4 is 10.1 Å². The normalized spacial score (nSPS) is 19.4. The smallest absolute Gasteiger partial charge is 0.504 e. The number of rotatable bonds is 5. The van der Waals surface area contributed by atoms with Crippen molar-refractivity contribution in [2.75, 3.05) is 0 Å². The van der Waals surface area contributed by atoms with Gasteiger partial charge in [0.2, 0.25) is 5.91 Å².